The van der Waals surface area contributed by atoms with Crippen molar-refractivity contribution in [3.8, 4) is 0 Å². The average Bonchev–Trinajstić information content (AvgIpc) is 2.60. The van der Waals surface area contributed by atoms with Crippen LogP contribution in [0.4, 0.5) is 0 Å². The first-order chi connectivity index (χ1) is 11.8. The van der Waals surface area contributed by atoms with Gasteiger partial charge in [0.1, 0.15) is 6.29 Å². The van der Waals surface area contributed by atoms with E-state index >= 15 is 0 Å². The van der Waals surface area contributed by atoms with Gasteiger partial charge in [-0.25, -0.2) is 0 Å². The highest BCUT2D eigenvalue weighted by Gasteiger charge is 2.06. The monoisotopic (exact) mass is 334 g/mol. The van der Waals surface area contributed by atoms with Crippen molar-refractivity contribution < 1.29 is 4.79 Å². The van der Waals surface area contributed by atoms with Crippen LogP contribution in [-0.4, -0.2) is 6.29 Å². The maximum atomic E-state index is 11.0. The summed E-state index contributed by atoms with van der Waals surface area (Å²) in [6.07, 6.45) is 29.0. The van der Waals surface area contributed by atoms with E-state index in [1.807, 2.05) is 0 Å². The third-order valence-corrected chi connectivity index (χ3v) is 4.65. The number of aldehydes is 1. The Morgan fingerprint density at radius 3 is 1.71 bits per heavy atom. The lowest BCUT2D eigenvalue weighted by atomic mass is 9.96. The van der Waals surface area contributed by atoms with Gasteiger partial charge in [0, 0.05) is 5.92 Å². The van der Waals surface area contributed by atoms with Gasteiger partial charge >= 0.3 is 0 Å². The van der Waals surface area contributed by atoms with Crippen molar-refractivity contribution in [1.82, 2.24) is 0 Å². The second-order valence-electron chi connectivity index (χ2n) is 7.06. The van der Waals surface area contributed by atoms with Gasteiger partial charge in [-0.05, 0) is 44.9 Å². The quantitative estimate of drug-likeness (QED) is 0.142. The van der Waals surface area contributed by atoms with Gasteiger partial charge in [0.25, 0.3) is 0 Å². The summed E-state index contributed by atoms with van der Waals surface area (Å²) in [4.78, 5) is 11.0. The van der Waals surface area contributed by atoms with E-state index in [4.69, 9.17) is 0 Å². The summed E-state index contributed by atoms with van der Waals surface area (Å²) < 4.78 is 0. The molecule has 1 unspecified atom stereocenters. The Labute approximate surface area is 152 Å². The largest absolute Gasteiger partial charge is 0.303 e. The molecule has 0 aromatic rings. The summed E-state index contributed by atoms with van der Waals surface area (Å²) in [5, 5.41) is 0. The zero-order valence-corrected chi connectivity index (χ0v) is 16.5. The number of hydrogen-bond donors (Lipinski definition) is 0. The molecule has 0 aromatic heterocycles. The topological polar surface area (TPSA) is 17.1 Å². The van der Waals surface area contributed by atoms with Crippen LogP contribution < -0.4 is 0 Å². The summed E-state index contributed by atoms with van der Waals surface area (Å²) in [5.74, 6) is 0.320. The number of carbonyl (C=O) groups is 1. The molecule has 1 nitrogen and oxygen atoms in total. The Morgan fingerprint density at radius 1 is 0.625 bits per heavy atom. The lowest BCUT2D eigenvalue weighted by Gasteiger charge is -2.09. The predicted octanol–water partition coefficient (Wildman–Crippen LogP) is 7.81. The highest BCUT2D eigenvalue weighted by molar-refractivity contribution is 5.53. The predicted molar refractivity (Wildman–Crippen MR) is 108 cm³/mol. The molecule has 0 saturated carbocycles. The molecule has 140 valence electrons. The second kappa shape index (κ2) is 20.2. The minimum Gasteiger partial charge on any atom is -0.303 e. The highest BCUT2D eigenvalue weighted by Crippen LogP contribution is 2.16. The summed E-state index contributed by atoms with van der Waals surface area (Å²) >= 11 is 0. The molecule has 24 heavy (non-hydrogen) atoms. The van der Waals surface area contributed by atoms with Crippen molar-refractivity contribution in [1.29, 1.82) is 0 Å². The van der Waals surface area contributed by atoms with Gasteiger partial charge in [0.15, 0.2) is 0 Å². The smallest absolute Gasteiger partial charge is 0.123 e. The minimum absolute atomic E-state index is 0.320. The Bertz CT molecular complexity index is 303. The molecule has 0 bridgehead atoms. The normalized spacial score (nSPS) is 13.1. The van der Waals surface area contributed by atoms with E-state index < -0.39 is 0 Å². The van der Waals surface area contributed by atoms with Crippen molar-refractivity contribution in [3.05, 3.63) is 24.3 Å². The lowest BCUT2D eigenvalue weighted by Crippen LogP contribution is -2.02. The number of unbranched alkanes of at least 4 members (excludes halogenated alkanes) is 9. The molecule has 0 fully saturated rings. The first-order valence-corrected chi connectivity index (χ1v) is 10.6. The van der Waals surface area contributed by atoms with E-state index in [0.29, 0.717) is 5.92 Å². The Balaban J connectivity index is 3.37. The molecule has 0 rings (SSSR count). The van der Waals surface area contributed by atoms with E-state index in [0.717, 1.165) is 19.3 Å². The molecule has 0 aliphatic heterocycles. The molecule has 0 saturated heterocycles. The van der Waals surface area contributed by atoms with Crippen LogP contribution in [0.2, 0.25) is 0 Å². The summed E-state index contributed by atoms with van der Waals surface area (Å²) in [6.45, 7) is 4.47. The Hall–Kier alpha value is -0.850. The number of rotatable bonds is 18. The fourth-order valence-corrected chi connectivity index (χ4v) is 2.98. The summed E-state index contributed by atoms with van der Waals surface area (Å²) in [5.41, 5.74) is 0. The molecule has 1 heteroatoms. The summed E-state index contributed by atoms with van der Waals surface area (Å²) in [6, 6.07) is 0. The standard InChI is InChI=1S/C23H42O/c1-3-5-7-8-9-10-11-12-13-14-15-16-17-19-21-23(22-24)20-18-6-4-2/h9-10,12-13,22-23H,3-8,11,14-21H2,1-2H3/b10-9-,13-12-. The molecule has 0 amide bonds. The van der Waals surface area contributed by atoms with Gasteiger partial charge in [-0.15, -0.1) is 0 Å². The minimum atomic E-state index is 0.320. The van der Waals surface area contributed by atoms with E-state index in [9.17, 15) is 4.79 Å². The van der Waals surface area contributed by atoms with Crippen LogP contribution in [0.25, 0.3) is 0 Å². The van der Waals surface area contributed by atoms with Crippen molar-refractivity contribution in [2.24, 2.45) is 5.92 Å². The zero-order chi connectivity index (χ0) is 17.7. The third-order valence-electron chi connectivity index (χ3n) is 4.65. The molecular formula is C23H42O. The second-order valence-corrected chi connectivity index (χ2v) is 7.06. The lowest BCUT2D eigenvalue weighted by molar-refractivity contribution is -0.111. The van der Waals surface area contributed by atoms with Gasteiger partial charge in [-0.3, -0.25) is 0 Å². The molecule has 0 N–H and O–H groups in total. The van der Waals surface area contributed by atoms with Crippen LogP contribution in [0, 0.1) is 5.92 Å². The molecular weight excluding hydrogens is 292 g/mol. The first-order valence-electron chi connectivity index (χ1n) is 10.6. The summed E-state index contributed by atoms with van der Waals surface area (Å²) in [7, 11) is 0. The maximum absolute atomic E-state index is 11.0. The molecule has 0 heterocycles. The van der Waals surface area contributed by atoms with Gasteiger partial charge in [-0.1, -0.05) is 89.5 Å². The van der Waals surface area contributed by atoms with Crippen LogP contribution >= 0.6 is 0 Å². The molecule has 0 aliphatic rings. The van der Waals surface area contributed by atoms with Crippen LogP contribution in [0.1, 0.15) is 110 Å². The molecule has 0 spiro atoms. The van der Waals surface area contributed by atoms with Gasteiger partial charge in [0.05, 0.1) is 0 Å². The molecule has 1 atom stereocenters. The average molecular weight is 335 g/mol. The third kappa shape index (κ3) is 17.5. The van der Waals surface area contributed by atoms with E-state index in [1.165, 1.54) is 83.3 Å². The molecule has 0 aromatic carbocycles. The van der Waals surface area contributed by atoms with E-state index in [1.54, 1.807) is 0 Å². The van der Waals surface area contributed by atoms with Crippen molar-refractivity contribution in [2.75, 3.05) is 0 Å². The van der Waals surface area contributed by atoms with Crippen LogP contribution in [0.15, 0.2) is 24.3 Å². The van der Waals surface area contributed by atoms with Gasteiger partial charge < -0.3 is 4.79 Å². The fourth-order valence-electron chi connectivity index (χ4n) is 2.98. The van der Waals surface area contributed by atoms with Crippen molar-refractivity contribution >= 4 is 6.29 Å². The SMILES string of the molecule is CCCCC/C=C\C/C=C\CCCCCCC(C=O)CCCCC. The Kier molecular flexibility index (Phi) is 19.5. The fraction of sp³-hybridized carbons (Fsp3) is 0.783. The van der Waals surface area contributed by atoms with Gasteiger partial charge in [-0.2, -0.15) is 0 Å². The number of carbonyl (C=O) groups excluding carboxylic acids is 1. The molecule has 0 radical (unpaired) electrons. The number of allylic oxidation sites excluding steroid dienone is 4. The first kappa shape index (κ1) is 23.1. The van der Waals surface area contributed by atoms with Crippen molar-refractivity contribution in [2.45, 2.75) is 110 Å². The Morgan fingerprint density at radius 2 is 1.12 bits per heavy atom. The van der Waals surface area contributed by atoms with Crippen molar-refractivity contribution in [3.63, 3.8) is 0 Å². The van der Waals surface area contributed by atoms with Crippen LogP contribution in [0.3, 0.4) is 0 Å². The zero-order valence-electron chi connectivity index (χ0n) is 16.5. The van der Waals surface area contributed by atoms with Crippen LogP contribution in [-0.2, 0) is 4.79 Å². The van der Waals surface area contributed by atoms with Crippen LogP contribution in [0.5, 0.6) is 0 Å². The molecule has 0 aliphatic carbocycles. The van der Waals surface area contributed by atoms with E-state index in [2.05, 4.69) is 38.2 Å². The van der Waals surface area contributed by atoms with Gasteiger partial charge in [0.2, 0.25) is 0 Å². The number of hydrogen-bond acceptors (Lipinski definition) is 1. The highest BCUT2D eigenvalue weighted by atomic mass is 16.1. The maximum Gasteiger partial charge on any atom is 0.123 e. The van der Waals surface area contributed by atoms with E-state index in [-0.39, 0.29) is 0 Å².